The number of rotatable bonds is 9. The van der Waals surface area contributed by atoms with E-state index in [9.17, 15) is 0 Å². The first-order chi connectivity index (χ1) is 14.5. The molecule has 0 saturated heterocycles. The van der Waals surface area contributed by atoms with E-state index in [1.165, 1.54) is 33.1 Å². The molecule has 3 rings (SSSR count). The van der Waals surface area contributed by atoms with E-state index in [1.807, 2.05) is 13.1 Å². The van der Waals surface area contributed by atoms with Crippen molar-refractivity contribution in [1.82, 2.24) is 5.32 Å². The summed E-state index contributed by atoms with van der Waals surface area (Å²) < 4.78 is 6.43. The summed E-state index contributed by atoms with van der Waals surface area (Å²) >= 11 is 0. The number of hydrogen-bond donors (Lipinski definition) is 1. The maximum absolute atomic E-state index is 6.43. The van der Waals surface area contributed by atoms with Gasteiger partial charge in [0.1, 0.15) is 12.4 Å². The zero-order valence-corrected chi connectivity index (χ0v) is 19.9. The molecule has 0 amide bonds. The highest BCUT2D eigenvalue weighted by molar-refractivity contribution is 7.48. The van der Waals surface area contributed by atoms with Crippen molar-refractivity contribution in [3.05, 3.63) is 94.5 Å². The van der Waals surface area contributed by atoms with Gasteiger partial charge in [-0.25, -0.2) is 0 Å². The molecule has 0 fully saturated rings. The first kappa shape index (κ1) is 22.5. The second-order valence-electron chi connectivity index (χ2n) is 8.23. The van der Waals surface area contributed by atoms with Crippen LogP contribution in [0.25, 0.3) is 0 Å². The molecule has 0 heterocycles. The van der Waals surface area contributed by atoms with Crippen molar-refractivity contribution >= 4 is 13.9 Å². The topological polar surface area (TPSA) is 21.3 Å². The molecule has 2 unspecified atom stereocenters. The molecule has 2 atom stereocenters. The lowest BCUT2D eigenvalue weighted by Gasteiger charge is -2.32. The maximum Gasteiger partial charge on any atom is 0.126 e. The number of aryl methyl sites for hydroxylation is 2. The van der Waals surface area contributed by atoms with Gasteiger partial charge in [-0.1, -0.05) is 94.7 Å². The summed E-state index contributed by atoms with van der Waals surface area (Å²) in [5.41, 5.74) is 6.43. The lowest BCUT2D eigenvalue weighted by atomic mass is 9.94. The lowest BCUT2D eigenvalue weighted by molar-refractivity contribution is 0.297. The highest BCUT2D eigenvalue weighted by Gasteiger charge is 2.30. The van der Waals surface area contributed by atoms with Crippen LogP contribution in [-0.2, 0) is 18.3 Å². The highest BCUT2D eigenvalue weighted by atomic mass is 31.1. The Morgan fingerprint density at radius 3 is 2.43 bits per heavy atom. The molecule has 2 nitrogen and oxygen atoms in total. The average Bonchev–Trinajstić information content (AvgIpc) is 2.75. The molecule has 3 aromatic rings. The number of hydrogen-bond acceptors (Lipinski definition) is 2. The molecular weight excluding hydrogens is 385 g/mol. The molecule has 3 aromatic carbocycles. The molecule has 0 aliphatic heterocycles. The molecule has 0 aliphatic carbocycles. The Labute approximate surface area is 183 Å². The normalized spacial score (nSPS) is 13.5. The molecule has 30 heavy (non-hydrogen) atoms. The molecule has 1 N–H and O–H groups in total. The molecule has 0 saturated carbocycles. The summed E-state index contributed by atoms with van der Waals surface area (Å²) in [6.45, 7) is 10.5. The lowest BCUT2D eigenvalue weighted by Crippen LogP contribution is -2.23. The SMILES string of the molecule is CCC(C)(Pc1ccc(C)cc1CNC)c1cccc(C)c1OCc1ccccc1. The first-order valence-electron chi connectivity index (χ1n) is 10.8. The molecule has 0 aromatic heterocycles. The van der Waals surface area contributed by atoms with Crippen LogP contribution in [0.15, 0.2) is 66.7 Å². The Kier molecular flexibility index (Phi) is 7.69. The van der Waals surface area contributed by atoms with E-state index in [-0.39, 0.29) is 5.16 Å². The van der Waals surface area contributed by atoms with E-state index in [1.54, 1.807) is 0 Å². The largest absolute Gasteiger partial charge is 0.488 e. The van der Waals surface area contributed by atoms with Gasteiger partial charge >= 0.3 is 0 Å². The Morgan fingerprint density at radius 1 is 0.967 bits per heavy atom. The summed E-state index contributed by atoms with van der Waals surface area (Å²) in [6, 6.07) is 23.9. The monoisotopic (exact) mass is 419 g/mol. The molecule has 0 aliphatic rings. The van der Waals surface area contributed by atoms with Gasteiger partial charge in [0.15, 0.2) is 0 Å². The fraction of sp³-hybridized carbons (Fsp3) is 0.333. The quantitative estimate of drug-likeness (QED) is 0.415. The van der Waals surface area contributed by atoms with Crippen molar-refractivity contribution in [3.8, 4) is 5.75 Å². The second kappa shape index (κ2) is 10.2. The number of ether oxygens (including phenoxy) is 1. The minimum Gasteiger partial charge on any atom is -0.488 e. The van der Waals surface area contributed by atoms with Gasteiger partial charge in [0.25, 0.3) is 0 Å². The van der Waals surface area contributed by atoms with Crippen LogP contribution in [0.5, 0.6) is 5.75 Å². The van der Waals surface area contributed by atoms with E-state index in [0.717, 1.165) is 18.7 Å². The van der Waals surface area contributed by atoms with Crippen molar-refractivity contribution < 1.29 is 4.74 Å². The van der Waals surface area contributed by atoms with Gasteiger partial charge in [-0.05, 0) is 49.3 Å². The predicted molar refractivity (Wildman–Crippen MR) is 131 cm³/mol. The van der Waals surface area contributed by atoms with E-state index in [2.05, 4.69) is 93.7 Å². The first-order valence-corrected chi connectivity index (χ1v) is 11.8. The fourth-order valence-corrected chi connectivity index (χ4v) is 5.42. The van der Waals surface area contributed by atoms with Gasteiger partial charge in [0.2, 0.25) is 0 Å². The number of para-hydroxylation sites is 1. The Morgan fingerprint density at radius 2 is 1.73 bits per heavy atom. The summed E-state index contributed by atoms with van der Waals surface area (Å²) in [5.74, 6) is 1.04. The van der Waals surface area contributed by atoms with Crippen molar-refractivity contribution in [3.63, 3.8) is 0 Å². The minimum atomic E-state index is 0.0236. The Bertz CT molecular complexity index is 970. The molecule has 158 valence electrons. The van der Waals surface area contributed by atoms with Crippen LogP contribution in [0.1, 0.15) is 48.1 Å². The van der Waals surface area contributed by atoms with Gasteiger partial charge in [-0.15, -0.1) is 0 Å². The van der Waals surface area contributed by atoms with Gasteiger partial charge in [-0.2, -0.15) is 0 Å². The van der Waals surface area contributed by atoms with Gasteiger partial charge in [0, 0.05) is 17.3 Å². The molecule has 3 heteroatoms. The van der Waals surface area contributed by atoms with Crippen molar-refractivity contribution in [2.75, 3.05) is 7.05 Å². The molecule has 0 bridgehead atoms. The third-order valence-corrected chi connectivity index (χ3v) is 7.71. The van der Waals surface area contributed by atoms with Crippen LogP contribution >= 0.6 is 8.58 Å². The number of nitrogens with one attached hydrogen (secondary N) is 1. The van der Waals surface area contributed by atoms with Crippen LogP contribution < -0.4 is 15.4 Å². The zero-order chi connectivity index (χ0) is 21.6. The van der Waals surface area contributed by atoms with Gasteiger partial charge in [0.05, 0.1) is 0 Å². The highest BCUT2D eigenvalue weighted by Crippen LogP contribution is 2.48. The van der Waals surface area contributed by atoms with Crippen molar-refractivity contribution in [1.29, 1.82) is 0 Å². The summed E-state index contributed by atoms with van der Waals surface area (Å²) in [5, 5.41) is 4.80. The summed E-state index contributed by atoms with van der Waals surface area (Å²) in [6.07, 6.45) is 1.06. The zero-order valence-electron chi connectivity index (χ0n) is 18.9. The second-order valence-corrected chi connectivity index (χ2v) is 10.1. The maximum atomic E-state index is 6.43. The van der Waals surface area contributed by atoms with E-state index in [4.69, 9.17) is 4.74 Å². The molecule has 0 radical (unpaired) electrons. The Balaban J connectivity index is 1.95. The average molecular weight is 420 g/mol. The van der Waals surface area contributed by atoms with Crippen LogP contribution in [0.4, 0.5) is 0 Å². The minimum absolute atomic E-state index is 0.0236. The van der Waals surface area contributed by atoms with E-state index < -0.39 is 0 Å². The van der Waals surface area contributed by atoms with Crippen molar-refractivity contribution in [2.45, 2.75) is 52.4 Å². The van der Waals surface area contributed by atoms with E-state index in [0.29, 0.717) is 15.2 Å². The summed E-state index contributed by atoms with van der Waals surface area (Å²) in [4.78, 5) is 0. The van der Waals surface area contributed by atoms with Gasteiger partial charge in [-0.3, -0.25) is 0 Å². The third kappa shape index (κ3) is 5.31. The van der Waals surface area contributed by atoms with E-state index >= 15 is 0 Å². The smallest absolute Gasteiger partial charge is 0.126 e. The summed E-state index contributed by atoms with van der Waals surface area (Å²) in [7, 11) is 2.69. The fourth-order valence-electron chi connectivity index (χ4n) is 3.83. The van der Waals surface area contributed by atoms with Crippen LogP contribution in [0.2, 0.25) is 0 Å². The van der Waals surface area contributed by atoms with Crippen LogP contribution in [-0.4, -0.2) is 7.05 Å². The third-order valence-electron chi connectivity index (χ3n) is 5.78. The standard InChI is InChI=1S/C27H34NOP/c1-6-27(4,30-25-16-15-20(2)17-23(25)18-28-5)24-14-10-11-21(3)26(24)29-19-22-12-8-7-9-13-22/h7-17,28,30H,6,18-19H2,1-5H3. The number of benzene rings is 3. The Hall–Kier alpha value is -2.15. The molecular formula is C27H34NOP. The van der Waals surface area contributed by atoms with Crippen LogP contribution in [0.3, 0.4) is 0 Å². The van der Waals surface area contributed by atoms with Crippen molar-refractivity contribution in [2.24, 2.45) is 0 Å². The van der Waals surface area contributed by atoms with Gasteiger partial charge < -0.3 is 10.1 Å². The van der Waals surface area contributed by atoms with Crippen LogP contribution in [0, 0.1) is 13.8 Å². The predicted octanol–water partition coefficient (Wildman–Crippen LogP) is 6.23. The molecule has 0 spiro atoms.